The molecule has 6 heteroatoms. The SMILES string of the molecule is CC(=O)Nc1ccc(CN(CCN(C)C)CC(=O)O)cc1. The molecule has 0 unspecified atom stereocenters. The number of benzene rings is 1. The lowest BCUT2D eigenvalue weighted by Gasteiger charge is -2.22. The minimum Gasteiger partial charge on any atom is -0.480 e. The van der Waals surface area contributed by atoms with Crippen LogP contribution in [0.25, 0.3) is 0 Å². The summed E-state index contributed by atoms with van der Waals surface area (Å²) in [4.78, 5) is 25.8. The molecule has 21 heavy (non-hydrogen) atoms. The van der Waals surface area contributed by atoms with Gasteiger partial charge in [-0.3, -0.25) is 14.5 Å². The van der Waals surface area contributed by atoms with Gasteiger partial charge in [0, 0.05) is 32.2 Å². The quantitative estimate of drug-likeness (QED) is 0.751. The maximum absolute atomic E-state index is 11.0. The highest BCUT2D eigenvalue weighted by atomic mass is 16.4. The zero-order valence-electron chi connectivity index (χ0n) is 12.8. The molecule has 0 aromatic heterocycles. The molecule has 0 saturated carbocycles. The van der Waals surface area contributed by atoms with Gasteiger partial charge in [0.05, 0.1) is 6.54 Å². The molecule has 0 aliphatic rings. The maximum Gasteiger partial charge on any atom is 0.317 e. The van der Waals surface area contributed by atoms with Crippen LogP contribution in [0.1, 0.15) is 12.5 Å². The van der Waals surface area contributed by atoms with Crippen LogP contribution < -0.4 is 5.32 Å². The fourth-order valence-corrected chi connectivity index (χ4v) is 1.90. The van der Waals surface area contributed by atoms with Crippen LogP contribution in [-0.2, 0) is 16.1 Å². The van der Waals surface area contributed by atoms with Gasteiger partial charge in [0.25, 0.3) is 0 Å². The molecule has 0 saturated heterocycles. The van der Waals surface area contributed by atoms with Crippen molar-refractivity contribution in [1.29, 1.82) is 0 Å². The lowest BCUT2D eigenvalue weighted by molar-refractivity contribution is -0.138. The second-order valence-electron chi connectivity index (χ2n) is 5.29. The van der Waals surface area contributed by atoms with Crippen molar-refractivity contribution in [3.8, 4) is 0 Å². The number of rotatable bonds is 8. The van der Waals surface area contributed by atoms with Crippen molar-refractivity contribution in [2.24, 2.45) is 0 Å². The van der Waals surface area contributed by atoms with Crippen molar-refractivity contribution in [2.45, 2.75) is 13.5 Å². The van der Waals surface area contributed by atoms with E-state index in [-0.39, 0.29) is 12.5 Å². The number of nitrogens with zero attached hydrogens (tertiary/aromatic N) is 2. The summed E-state index contributed by atoms with van der Waals surface area (Å²) in [6, 6.07) is 7.44. The molecule has 0 heterocycles. The normalized spacial score (nSPS) is 10.9. The molecule has 1 rings (SSSR count). The van der Waals surface area contributed by atoms with Gasteiger partial charge < -0.3 is 15.3 Å². The topological polar surface area (TPSA) is 72.9 Å². The van der Waals surface area contributed by atoms with E-state index >= 15 is 0 Å². The first-order valence-electron chi connectivity index (χ1n) is 6.82. The number of carbonyl (C=O) groups is 2. The summed E-state index contributed by atoms with van der Waals surface area (Å²) in [7, 11) is 3.92. The average molecular weight is 293 g/mol. The Morgan fingerprint density at radius 2 is 1.76 bits per heavy atom. The van der Waals surface area contributed by atoms with E-state index in [1.807, 2.05) is 48.2 Å². The van der Waals surface area contributed by atoms with Crippen molar-refractivity contribution in [3.05, 3.63) is 29.8 Å². The van der Waals surface area contributed by atoms with E-state index in [0.29, 0.717) is 13.1 Å². The lowest BCUT2D eigenvalue weighted by Crippen LogP contribution is -2.35. The summed E-state index contributed by atoms with van der Waals surface area (Å²) < 4.78 is 0. The molecule has 1 amide bonds. The highest BCUT2D eigenvalue weighted by Gasteiger charge is 2.10. The first-order valence-corrected chi connectivity index (χ1v) is 6.82. The van der Waals surface area contributed by atoms with E-state index in [1.54, 1.807) is 0 Å². The minimum atomic E-state index is -0.830. The molecule has 0 aliphatic carbocycles. The second kappa shape index (κ2) is 8.39. The second-order valence-corrected chi connectivity index (χ2v) is 5.29. The Hall–Kier alpha value is -1.92. The molecule has 1 aromatic carbocycles. The Balaban J connectivity index is 2.64. The Morgan fingerprint density at radius 1 is 1.14 bits per heavy atom. The predicted molar refractivity (Wildman–Crippen MR) is 82.2 cm³/mol. The highest BCUT2D eigenvalue weighted by Crippen LogP contribution is 2.11. The summed E-state index contributed by atoms with van der Waals surface area (Å²) >= 11 is 0. The summed E-state index contributed by atoms with van der Waals surface area (Å²) in [5, 5.41) is 11.7. The molecule has 2 N–H and O–H groups in total. The summed E-state index contributed by atoms with van der Waals surface area (Å²) in [5.74, 6) is -0.940. The fourth-order valence-electron chi connectivity index (χ4n) is 1.90. The molecule has 0 aliphatic heterocycles. The van der Waals surface area contributed by atoms with Gasteiger partial charge in [-0.2, -0.15) is 0 Å². The van der Waals surface area contributed by atoms with Gasteiger partial charge in [0.2, 0.25) is 5.91 Å². The fraction of sp³-hybridized carbons (Fsp3) is 0.467. The molecule has 0 fully saturated rings. The smallest absolute Gasteiger partial charge is 0.317 e. The van der Waals surface area contributed by atoms with Gasteiger partial charge in [0.15, 0.2) is 0 Å². The standard InChI is InChI=1S/C15H23N3O3/c1-12(19)16-14-6-4-13(5-7-14)10-18(11-15(20)21)9-8-17(2)3/h4-7H,8-11H2,1-3H3,(H,16,19)(H,20,21). The molecular weight excluding hydrogens is 270 g/mol. The largest absolute Gasteiger partial charge is 0.480 e. The maximum atomic E-state index is 11.0. The monoisotopic (exact) mass is 293 g/mol. The number of carboxylic acid groups (broad SMARTS) is 1. The molecule has 0 atom stereocenters. The summed E-state index contributed by atoms with van der Waals surface area (Å²) in [6.07, 6.45) is 0. The summed E-state index contributed by atoms with van der Waals surface area (Å²) in [6.45, 7) is 3.54. The van der Waals surface area contributed by atoms with Crippen molar-refractivity contribution in [1.82, 2.24) is 9.80 Å². The lowest BCUT2D eigenvalue weighted by atomic mass is 10.2. The van der Waals surface area contributed by atoms with Crippen molar-refractivity contribution < 1.29 is 14.7 Å². The van der Waals surface area contributed by atoms with Gasteiger partial charge in [-0.25, -0.2) is 0 Å². The Bertz CT molecular complexity index is 472. The molecule has 0 spiro atoms. The zero-order valence-corrected chi connectivity index (χ0v) is 12.8. The van der Waals surface area contributed by atoms with E-state index in [1.165, 1.54) is 6.92 Å². The van der Waals surface area contributed by atoms with Crippen LogP contribution in [0.3, 0.4) is 0 Å². The average Bonchev–Trinajstić information content (AvgIpc) is 2.37. The number of amides is 1. The third kappa shape index (κ3) is 7.43. The van der Waals surface area contributed by atoms with Crippen LogP contribution in [0.2, 0.25) is 0 Å². The van der Waals surface area contributed by atoms with Crippen LogP contribution >= 0.6 is 0 Å². The van der Waals surface area contributed by atoms with Crippen LogP contribution in [0.5, 0.6) is 0 Å². The number of carbonyl (C=O) groups excluding carboxylic acids is 1. The number of carboxylic acids is 1. The van der Waals surface area contributed by atoms with Crippen LogP contribution in [0.15, 0.2) is 24.3 Å². The highest BCUT2D eigenvalue weighted by molar-refractivity contribution is 5.88. The van der Waals surface area contributed by atoms with Gasteiger partial charge in [-0.1, -0.05) is 12.1 Å². The van der Waals surface area contributed by atoms with E-state index in [4.69, 9.17) is 5.11 Å². The van der Waals surface area contributed by atoms with Gasteiger partial charge in [-0.15, -0.1) is 0 Å². The number of hydrogen-bond donors (Lipinski definition) is 2. The molecular formula is C15H23N3O3. The van der Waals surface area contributed by atoms with Gasteiger partial charge >= 0.3 is 5.97 Å². The van der Waals surface area contributed by atoms with E-state index in [0.717, 1.165) is 17.8 Å². The molecule has 6 nitrogen and oxygen atoms in total. The van der Waals surface area contributed by atoms with Crippen LogP contribution in [-0.4, -0.2) is 60.5 Å². The van der Waals surface area contributed by atoms with Gasteiger partial charge in [0.1, 0.15) is 0 Å². The van der Waals surface area contributed by atoms with Crippen molar-refractivity contribution >= 4 is 17.6 Å². The first kappa shape index (κ1) is 17.1. The van der Waals surface area contributed by atoms with E-state index in [2.05, 4.69) is 5.32 Å². The van der Waals surface area contributed by atoms with Gasteiger partial charge in [-0.05, 0) is 31.8 Å². The van der Waals surface area contributed by atoms with Crippen LogP contribution in [0.4, 0.5) is 5.69 Å². The Morgan fingerprint density at radius 3 is 2.24 bits per heavy atom. The Kier molecular flexibility index (Phi) is 6.84. The molecule has 0 radical (unpaired) electrons. The van der Waals surface area contributed by atoms with Crippen molar-refractivity contribution in [2.75, 3.05) is 39.0 Å². The van der Waals surface area contributed by atoms with Crippen LogP contribution in [0, 0.1) is 0 Å². The van der Waals surface area contributed by atoms with E-state index < -0.39 is 5.97 Å². The van der Waals surface area contributed by atoms with Crippen molar-refractivity contribution in [3.63, 3.8) is 0 Å². The number of anilines is 1. The van der Waals surface area contributed by atoms with E-state index in [9.17, 15) is 9.59 Å². The number of likely N-dealkylation sites (N-methyl/N-ethyl adjacent to an activating group) is 1. The third-order valence-electron chi connectivity index (χ3n) is 2.90. The Labute approximate surface area is 125 Å². The molecule has 116 valence electrons. The number of nitrogens with one attached hydrogen (secondary N) is 1. The number of aliphatic carboxylic acids is 1. The minimum absolute atomic E-state index is 0.0152. The predicted octanol–water partition coefficient (Wildman–Crippen LogP) is 1.09. The molecule has 0 bridgehead atoms. The number of hydrogen-bond acceptors (Lipinski definition) is 4. The summed E-state index contributed by atoms with van der Waals surface area (Å²) in [5.41, 5.74) is 1.76. The first-order chi connectivity index (χ1) is 9.86. The molecule has 1 aromatic rings. The zero-order chi connectivity index (χ0) is 15.8. The third-order valence-corrected chi connectivity index (χ3v) is 2.90.